The number of piperidine rings is 1. The minimum Gasteiger partial charge on any atom is -0.383 e. The second kappa shape index (κ2) is 7.39. The molecule has 2 saturated heterocycles. The van der Waals surface area contributed by atoms with Crippen LogP contribution in [0.15, 0.2) is 23.9 Å². The summed E-state index contributed by atoms with van der Waals surface area (Å²) in [5.41, 5.74) is 1.94. The number of benzene rings is 1. The lowest BCUT2D eigenvalue weighted by molar-refractivity contribution is -0.384. The zero-order valence-electron chi connectivity index (χ0n) is 17.4. The minimum atomic E-state index is -0.451. The lowest BCUT2D eigenvalue weighted by Gasteiger charge is -2.44. The third kappa shape index (κ3) is 3.32. The summed E-state index contributed by atoms with van der Waals surface area (Å²) in [5, 5.41) is 14.7. The third-order valence-electron chi connectivity index (χ3n) is 6.24. The van der Waals surface area contributed by atoms with Gasteiger partial charge in [0.1, 0.15) is 0 Å². The van der Waals surface area contributed by atoms with Gasteiger partial charge in [-0.05, 0) is 32.8 Å². The molecule has 2 amide bonds. The lowest BCUT2D eigenvalue weighted by Crippen LogP contribution is -2.55. The monoisotopic (exact) mass is 414 g/mol. The summed E-state index contributed by atoms with van der Waals surface area (Å²) in [6, 6.07) is 4.46. The van der Waals surface area contributed by atoms with E-state index < -0.39 is 4.92 Å². The zero-order valence-corrected chi connectivity index (χ0v) is 17.4. The summed E-state index contributed by atoms with van der Waals surface area (Å²) in [5.74, 6) is -0.103. The van der Waals surface area contributed by atoms with E-state index in [4.69, 9.17) is 4.74 Å². The van der Waals surface area contributed by atoms with Gasteiger partial charge in [-0.2, -0.15) is 0 Å². The first-order chi connectivity index (χ1) is 14.2. The number of carbonyl (C=O) groups is 2. The van der Waals surface area contributed by atoms with E-state index in [2.05, 4.69) is 5.32 Å². The Labute approximate surface area is 174 Å². The topological polar surface area (TPSA) is 105 Å². The maximum atomic E-state index is 13.2. The molecule has 3 heterocycles. The number of nitro benzene ring substituents is 1. The molecule has 2 fully saturated rings. The van der Waals surface area contributed by atoms with Crippen molar-refractivity contribution in [3.8, 4) is 0 Å². The van der Waals surface area contributed by atoms with Crippen LogP contribution in [0.2, 0.25) is 0 Å². The van der Waals surface area contributed by atoms with E-state index in [1.165, 1.54) is 12.1 Å². The number of nitrogens with zero attached hydrogens (tertiary/aromatic N) is 3. The van der Waals surface area contributed by atoms with Crippen LogP contribution < -0.4 is 10.2 Å². The van der Waals surface area contributed by atoms with Crippen molar-refractivity contribution in [3.63, 3.8) is 0 Å². The molecule has 0 aliphatic carbocycles. The molecular weight excluding hydrogens is 388 g/mol. The summed E-state index contributed by atoms with van der Waals surface area (Å²) in [6.45, 7) is 7.48. The number of morpholine rings is 1. The molecule has 1 aromatic rings. The highest BCUT2D eigenvalue weighted by molar-refractivity contribution is 6.33. The van der Waals surface area contributed by atoms with Crippen molar-refractivity contribution in [3.05, 3.63) is 39.6 Å². The van der Waals surface area contributed by atoms with E-state index in [0.717, 1.165) is 12.8 Å². The van der Waals surface area contributed by atoms with Crippen molar-refractivity contribution < 1.29 is 19.2 Å². The van der Waals surface area contributed by atoms with Gasteiger partial charge in [-0.15, -0.1) is 0 Å². The van der Waals surface area contributed by atoms with E-state index in [0.29, 0.717) is 42.2 Å². The number of anilines is 1. The Bertz CT molecular complexity index is 935. The molecule has 0 saturated carbocycles. The molecule has 0 radical (unpaired) electrons. The van der Waals surface area contributed by atoms with Crippen LogP contribution in [0.3, 0.4) is 0 Å². The van der Waals surface area contributed by atoms with Crippen LogP contribution in [0.4, 0.5) is 11.4 Å². The number of carbonyl (C=O) groups excluding carboxylic acids is 2. The number of amides is 2. The molecular formula is C21H26N4O5. The second-order valence-corrected chi connectivity index (χ2v) is 8.41. The summed E-state index contributed by atoms with van der Waals surface area (Å²) in [6.07, 6.45) is 1.46. The number of hydrogen-bond acceptors (Lipinski definition) is 6. The molecule has 0 bridgehead atoms. The van der Waals surface area contributed by atoms with Crippen LogP contribution in [0.1, 0.15) is 39.2 Å². The summed E-state index contributed by atoms with van der Waals surface area (Å²) >= 11 is 0. The van der Waals surface area contributed by atoms with E-state index in [1.807, 2.05) is 18.7 Å². The first-order valence-corrected chi connectivity index (χ1v) is 10.2. The highest BCUT2D eigenvalue weighted by Gasteiger charge is 2.42. The van der Waals surface area contributed by atoms with Crippen LogP contribution in [0.5, 0.6) is 0 Å². The van der Waals surface area contributed by atoms with Crippen LogP contribution in [-0.2, 0) is 14.3 Å². The number of fused-ring (bicyclic) bond motifs is 1. The maximum absolute atomic E-state index is 13.2. The van der Waals surface area contributed by atoms with Gasteiger partial charge in [0.15, 0.2) is 0 Å². The molecule has 30 heavy (non-hydrogen) atoms. The minimum absolute atomic E-state index is 0.0462. The number of ether oxygens (including phenoxy) is 1. The van der Waals surface area contributed by atoms with Crippen molar-refractivity contribution in [2.24, 2.45) is 0 Å². The highest BCUT2D eigenvalue weighted by Crippen LogP contribution is 2.42. The molecule has 0 atom stereocenters. The summed E-state index contributed by atoms with van der Waals surface area (Å²) in [7, 11) is 0. The quantitative estimate of drug-likeness (QED) is 0.451. The maximum Gasteiger partial charge on any atom is 0.270 e. The smallest absolute Gasteiger partial charge is 0.270 e. The predicted octanol–water partition coefficient (Wildman–Crippen LogP) is 2.06. The molecule has 3 aliphatic rings. The van der Waals surface area contributed by atoms with Gasteiger partial charge < -0.3 is 19.9 Å². The average Bonchev–Trinajstić information content (AvgIpc) is 3.00. The number of non-ortho nitro benzene ring substituents is 1. The van der Waals surface area contributed by atoms with Gasteiger partial charge in [0.25, 0.3) is 11.6 Å². The molecule has 9 heteroatoms. The van der Waals surface area contributed by atoms with Gasteiger partial charge >= 0.3 is 0 Å². The fourth-order valence-corrected chi connectivity index (χ4v) is 4.50. The van der Waals surface area contributed by atoms with Gasteiger partial charge in [-0.25, -0.2) is 0 Å². The van der Waals surface area contributed by atoms with Gasteiger partial charge in [0, 0.05) is 50.3 Å². The van der Waals surface area contributed by atoms with Crippen molar-refractivity contribution in [1.29, 1.82) is 0 Å². The van der Waals surface area contributed by atoms with E-state index >= 15 is 0 Å². The lowest BCUT2D eigenvalue weighted by atomic mass is 9.89. The first-order valence-electron chi connectivity index (χ1n) is 10.2. The number of hydrogen-bond donors (Lipinski definition) is 1. The highest BCUT2D eigenvalue weighted by atomic mass is 16.6. The van der Waals surface area contributed by atoms with Gasteiger partial charge in [-0.1, -0.05) is 0 Å². The first kappa shape index (κ1) is 20.3. The van der Waals surface area contributed by atoms with Gasteiger partial charge in [0.05, 0.1) is 34.1 Å². The average molecular weight is 414 g/mol. The number of likely N-dealkylation sites (tertiary alicyclic amines) is 1. The molecule has 160 valence electrons. The number of nitrogens with one attached hydrogen (secondary N) is 1. The third-order valence-corrected chi connectivity index (χ3v) is 6.24. The summed E-state index contributed by atoms with van der Waals surface area (Å²) < 4.78 is 6.23. The van der Waals surface area contributed by atoms with Crippen LogP contribution in [-0.4, -0.2) is 59.5 Å². The van der Waals surface area contributed by atoms with Crippen molar-refractivity contribution in [2.75, 3.05) is 31.1 Å². The molecule has 9 nitrogen and oxygen atoms in total. The van der Waals surface area contributed by atoms with Crippen LogP contribution >= 0.6 is 0 Å². The zero-order chi connectivity index (χ0) is 21.6. The van der Waals surface area contributed by atoms with Crippen LogP contribution in [0.25, 0.3) is 5.57 Å². The van der Waals surface area contributed by atoms with Crippen LogP contribution in [0, 0.1) is 10.1 Å². The van der Waals surface area contributed by atoms with Gasteiger partial charge in [0.2, 0.25) is 5.91 Å². The van der Waals surface area contributed by atoms with E-state index in [9.17, 15) is 19.7 Å². The molecule has 0 aromatic heterocycles. The molecule has 1 spiro atoms. The second-order valence-electron chi connectivity index (χ2n) is 8.41. The van der Waals surface area contributed by atoms with E-state index in [1.54, 1.807) is 17.9 Å². The molecule has 0 unspecified atom stereocenters. The van der Waals surface area contributed by atoms with Gasteiger partial charge in [-0.3, -0.25) is 19.7 Å². The standard InChI is InChI=1S/C21H26N4O5/c1-13(2)24-18-5-4-15(25(28)29)10-16(18)19(20(24)27)17-11-30-21(12-22-17)6-8-23(9-7-21)14(3)26/h4-5,10,13,22H,6-9,11-12H2,1-3H3/b19-17-. The predicted molar refractivity (Wildman–Crippen MR) is 111 cm³/mol. The Balaban J connectivity index is 1.63. The largest absolute Gasteiger partial charge is 0.383 e. The van der Waals surface area contributed by atoms with Crippen molar-refractivity contribution in [2.45, 2.75) is 45.3 Å². The normalized spacial score (nSPS) is 23.0. The molecule has 3 aliphatic heterocycles. The molecule has 4 rings (SSSR count). The fraction of sp³-hybridized carbons (Fsp3) is 0.524. The van der Waals surface area contributed by atoms with E-state index in [-0.39, 0.29) is 35.8 Å². The number of rotatable bonds is 2. The number of nitro groups is 1. The Morgan fingerprint density at radius 3 is 2.53 bits per heavy atom. The molecule has 1 aromatic carbocycles. The Morgan fingerprint density at radius 2 is 2.00 bits per heavy atom. The van der Waals surface area contributed by atoms with Crippen molar-refractivity contribution >= 4 is 28.8 Å². The fourth-order valence-electron chi connectivity index (χ4n) is 4.50. The molecule has 1 N–H and O–H groups in total. The summed E-state index contributed by atoms with van der Waals surface area (Å²) in [4.78, 5) is 39.1. The Hall–Kier alpha value is -2.94. The van der Waals surface area contributed by atoms with Crippen molar-refractivity contribution in [1.82, 2.24) is 10.2 Å². The SMILES string of the molecule is CC(=O)N1CCC2(CC1)CN/C(=C1\C(=O)N(C(C)C)c3ccc([N+](=O)[O-])cc31)CO2. The Kier molecular flexibility index (Phi) is 5.01. The Morgan fingerprint density at radius 1 is 1.30 bits per heavy atom.